The number of thiophene rings is 1. The minimum Gasteiger partial charge on any atom is -0.487 e. The molecule has 0 atom stereocenters. The third-order valence-corrected chi connectivity index (χ3v) is 6.41. The molecule has 0 radical (unpaired) electrons. The lowest BCUT2D eigenvalue weighted by molar-refractivity contribution is 0.302. The lowest BCUT2D eigenvalue weighted by atomic mass is 10.3. The fourth-order valence-electron chi connectivity index (χ4n) is 2.07. The highest BCUT2D eigenvalue weighted by Crippen LogP contribution is 2.39. The zero-order valence-electron chi connectivity index (χ0n) is 13.1. The Labute approximate surface area is 153 Å². The third kappa shape index (κ3) is 3.98. The van der Waals surface area contributed by atoms with Crippen LogP contribution in [0.1, 0.15) is 17.5 Å². The maximum absolute atomic E-state index is 7.65. The fourth-order valence-corrected chi connectivity index (χ4v) is 5.20. The van der Waals surface area contributed by atoms with Crippen molar-refractivity contribution in [3.8, 4) is 16.3 Å². The monoisotopic (exact) mass is 375 g/mol. The van der Waals surface area contributed by atoms with Crippen molar-refractivity contribution in [1.29, 1.82) is 5.41 Å². The van der Waals surface area contributed by atoms with Gasteiger partial charge in [-0.1, -0.05) is 25.1 Å². The van der Waals surface area contributed by atoms with Gasteiger partial charge in [-0.25, -0.2) is 4.98 Å². The van der Waals surface area contributed by atoms with E-state index in [4.69, 9.17) is 15.9 Å². The Balaban J connectivity index is 1.78. The largest absolute Gasteiger partial charge is 0.487 e. The molecule has 24 heavy (non-hydrogen) atoms. The number of hydrogen-bond donors (Lipinski definition) is 2. The standard InChI is InChI=1S/C17H17N3OS3/c1-2-22-17-13(8-14(24-17)15(18)19)16-20-11(10-23-16)9-21-12-6-4-3-5-7-12/h3-8,10H,2,9H2,1H3,(H3,18,19). The maximum atomic E-state index is 7.65. The van der Waals surface area contributed by atoms with Crippen LogP contribution in [0.15, 0.2) is 46.0 Å². The predicted molar refractivity (Wildman–Crippen MR) is 104 cm³/mol. The molecule has 2 aromatic heterocycles. The molecule has 0 aliphatic rings. The first-order valence-corrected chi connectivity index (χ1v) is 10.1. The van der Waals surface area contributed by atoms with Crippen LogP contribution in [0.5, 0.6) is 5.75 Å². The van der Waals surface area contributed by atoms with Crippen LogP contribution in [0.2, 0.25) is 0 Å². The van der Waals surface area contributed by atoms with Crippen molar-refractivity contribution in [2.45, 2.75) is 17.7 Å². The molecule has 3 aromatic rings. The predicted octanol–water partition coefficient (Wildman–Crippen LogP) is 4.85. The molecule has 3 N–H and O–H groups in total. The van der Waals surface area contributed by atoms with E-state index < -0.39 is 0 Å². The Bertz CT molecular complexity index is 827. The SMILES string of the molecule is CCSc1sc(C(=N)N)cc1-c1nc(COc2ccccc2)cs1. The van der Waals surface area contributed by atoms with Crippen LogP contribution in [-0.4, -0.2) is 16.6 Å². The lowest BCUT2D eigenvalue weighted by Gasteiger charge is -2.03. The Hall–Kier alpha value is -1.83. The Morgan fingerprint density at radius 3 is 2.83 bits per heavy atom. The summed E-state index contributed by atoms with van der Waals surface area (Å²) in [4.78, 5) is 5.48. The van der Waals surface area contributed by atoms with Gasteiger partial charge in [-0.15, -0.1) is 34.4 Å². The Morgan fingerprint density at radius 2 is 2.12 bits per heavy atom. The number of amidine groups is 1. The molecule has 0 bridgehead atoms. The number of nitrogens with two attached hydrogens (primary N) is 1. The summed E-state index contributed by atoms with van der Waals surface area (Å²) in [5.41, 5.74) is 7.60. The van der Waals surface area contributed by atoms with E-state index in [1.165, 1.54) is 0 Å². The first kappa shape index (κ1) is 17.0. The number of nitrogens with zero attached hydrogens (tertiary/aromatic N) is 1. The van der Waals surface area contributed by atoms with Gasteiger partial charge in [0.15, 0.2) is 0 Å². The third-order valence-electron chi connectivity index (χ3n) is 3.15. The number of nitrogens with one attached hydrogen (secondary N) is 1. The van der Waals surface area contributed by atoms with E-state index in [2.05, 4.69) is 11.9 Å². The van der Waals surface area contributed by atoms with E-state index in [0.29, 0.717) is 6.61 Å². The molecule has 0 saturated carbocycles. The Kier molecular flexibility index (Phi) is 5.55. The van der Waals surface area contributed by atoms with Gasteiger partial charge in [0.2, 0.25) is 0 Å². The number of ether oxygens (including phenoxy) is 1. The highest BCUT2D eigenvalue weighted by Gasteiger charge is 2.16. The van der Waals surface area contributed by atoms with Gasteiger partial charge in [-0.3, -0.25) is 5.41 Å². The summed E-state index contributed by atoms with van der Waals surface area (Å²) in [6.45, 7) is 2.56. The van der Waals surface area contributed by atoms with Crippen LogP contribution in [0.25, 0.3) is 10.6 Å². The summed E-state index contributed by atoms with van der Waals surface area (Å²) in [7, 11) is 0. The van der Waals surface area contributed by atoms with Crippen molar-refractivity contribution < 1.29 is 4.74 Å². The normalized spacial score (nSPS) is 10.7. The van der Waals surface area contributed by atoms with Crippen molar-refractivity contribution in [2.75, 3.05) is 5.75 Å². The van der Waals surface area contributed by atoms with E-state index >= 15 is 0 Å². The molecule has 0 amide bonds. The maximum Gasteiger partial charge on any atom is 0.133 e. The fraction of sp³-hybridized carbons (Fsp3) is 0.176. The summed E-state index contributed by atoms with van der Waals surface area (Å²) in [5, 5.41) is 10.6. The van der Waals surface area contributed by atoms with E-state index in [-0.39, 0.29) is 5.84 Å². The minimum absolute atomic E-state index is 0.105. The van der Waals surface area contributed by atoms with E-state index in [1.807, 2.05) is 41.8 Å². The number of nitrogen functional groups attached to an aromatic ring is 1. The molecule has 124 valence electrons. The second-order valence-electron chi connectivity index (χ2n) is 4.90. The van der Waals surface area contributed by atoms with E-state index in [1.54, 1.807) is 34.4 Å². The number of aromatic nitrogens is 1. The van der Waals surface area contributed by atoms with Crippen LogP contribution >= 0.6 is 34.4 Å². The molecule has 3 rings (SSSR count). The topological polar surface area (TPSA) is 72.0 Å². The van der Waals surface area contributed by atoms with Crippen molar-refractivity contribution in [3.05, 3.63) is 52.3 Å². The van der Waals surface area contributed by atoms with Crippen LogP contribution in [-0.2, 0) is 6.61 Å². The Morgan fingerprint density at radius 1 is 1.33 bits per heavy atom. The molecule has 0 unspecified atom stereocenters. The zero-order chi connectivity index (χ0) is 16.9. The molecule has 7 heteroatoms. The van der Waals surface area contributed by atoms with Crippen LogP contribution in [0.4, 0.5) is 0 Å². The summed E-state index contributed by atoms with van der Waals surface area (Å²) < 4.78 is 6.91. The molecular formula is C17H17N3OS3. The van der Waals surface area contributed by atoms with Crippen LogP contribution in [0.3, 0.4) is 0 Å². The second-order valence-corrected chi connectivity index (χ2v) is 8.35. The molecule has 4 nitrogen and oxygen atoms in total. The first-order valence-electron chi connectivity index (χ1n) is 7.41. The molecule has 0 aliphatic heterocycles. The molecule has 1 aromatic carbocycles. The summed E-state index contributed by atoms with van der Waals surface area (Å²) in [6, 6.07) is 11.7. The molecule has 2 heterocycles. The van der Waals surface area contributed by atoms with E-state index in [9.17, 15) is 0 Å². The summed E-state index contributed by atoms with van der Waals surface area (Å²) >= 11 is 4.91. The molecule has 0 aliphatic carbocycles. The van der Waals surface area contributed by atoms with Gasteiger partial charge in [0.1, 0.15) is 23.2 Å². The number of thioether (sulfide) groups is 1. The second kappa shape index (κ2) is 7.83. The average molecular weight is 376 g/mol. The number of para-hydroxylation sites is 1. The van der Waals surface area contributed by atoms with Gasteiger partial charge >= 0.3 is 0 Å². The number of benzene rings is 1. The molecule has 0 saturated heterocycles. The first-order chi connectivity index (χ1) is 11.7. The summed E-state index contributed by atoms with van der Waals surface area (Å²) in [5.74, 6) is 1.91. The molecule has 0 spiro atoms. The van der Waals surface area contributed by atoms with E-state index in [0.717, 1.165) is 36.9 Å². The van der Waals surface area contributed by atoms with Crippen molar-refractivity contribution >= 4 is 40.3 Å². The van der Waals surface area contributed by atoms with Gasteiger partial charge in [-0.2, -0.15) is 0 Å². The molecular weight excluding hydrogens is 358 g/mol. The van der Waals surface area contributed by atoms with Gasteiger partial charge in [0.25, 0.3) is 0 Å². The number of hydrogen-bond acceptors (Lipinski definition) is 6. The summed E-state index contributed by atoms with van der Waals surface area (Å²) in [6.07, 6.45) is 0. The molecule has 0 fully saturated rings. The van der Waals surface area contributed by atoms with Crippen LogP contribution in [0, 0.1) is 5.41 Å². The highest BCUT2D eigenvalue weighted by molar-refractivity contribution is 8.01. The van der Waals surface area contributed by atoms with Crippen molar-refractivity contribution in [1.82, 2.24) is 4.98 Å². The van der Waals surface area contributed by atoms with Crippen molar-refractivity contribution in [2.24, 2.45) is 5.73 Å². The smallest absolute Gasteiger partial charge is 0.133 e. The minimum atomic E-state index is 0.105. The number of rotatable bonds is 7. The zero-order valence-corrected chi connectivity index (χ0v) is 15.6. The number of thiazole rings is 1. The van der Waals surface area contributed by atoms with Crippen LogP contribution < -0.4 is 10.5 Å². The van der Waals surface area contributed by atoms with Gasteiger partial charge in [-0.05, 0) is 24.0 Å². The quantitative estimate of drug-likeness (QED) is 0.352. The highest BCUT2D eigenvalue weighted by atomic mass is 32.2. The average Bonchev–Trinajstić information content (AvgIpc) is 3.21. The lowest BCUT2D eigenvalue weighted by Crippen LogP contribution is -2.08. The van der Waals surface area contributed by atoms with Gasteiger partial charge in [0, 0.05) is 10.9 Å². The van der Waals surface area contributed by atoms with Gasteiger partial charge in [0.05, 0.1) is 14.8 Å². The van der Waals surface area contributed by atoms with Gasteiger partial charge < -0.3 is 10.5 Å². The van der Waals surface area contributed by atoms with Crippen molar-refractivity contribution in [3.63, 3.8) is 0 Å².